The Kier molecular flexibility index (Phi) is 4.51. The lowest BCUT2D eigenvalue weighted by atomic mass is 9.91. The predicted molar refractivity (Wildman–Crippen MR) is 90.5 cm³/mol. The molecular weight excluding hydrogens is 366 g/mol. The van der Waals surface area contributed by atoms with Crippen LogP contribution < -0.4 is 4.72 Å². The number of rotatable bonds is 4. The number of benzene rings is 2. The van der Waals surface area contributed by atoms with Gasteiger partial charge in [0.25, 0.3) is 0 Å². The van der Waals surface area contributed by atoms with Crippen molar-refractivity contribution in [3.8, 4) is 0 Å². The molecule has 25 heavy (non-hydrogen) atoms. The molecule has 3 rings (SSSR count). The zero-order chi connectivity index (χ0) is 18.2. The number of sulfonamides is 1. The van der Waals surface area contributed by atoms with Gasteiger partial charge in [-0.2, -0.15) is 4.72 Å². The number of carbonyl (C=O) groups is 2. The Labute approximate surface area is 149 Å². The molecule has 2 atom stereocenters. The van der Waals surface area contributed by atoms with Crippen LogP contribution in [0.4, 0.5) is 0 Å². The normalized spacial score (nSPS) is 23.8. The molecule has 0 radical (unpaired) electrons. The summed E-state index contributed by atoms with van der Waals surface area (Å²) in [6.45, 7) is 1.42. The first-order valence-electron chi connectivity index (χ1n) is 7.34. The van der Waals surface area contributed by atoms with E-state index in [9.17, 15) is 18.0 Å². The maximum Gasteiger partial charge on any atom is 0.246 e. The van der Waals surface area contributed by atoms with E-state index in [0.29, 0.717) is 10.6 Å². The van der Waals surface area contributed by atoms with Crippen molar-refractivity contribution < 1.29 is 22.7 Å². The number of nitrogens with one attached hydrogen (secondary N) is 1. The molecule has 1 N–H and O–H groups in total. The first kappa shape index (κ1) is 17.8. The molecule has 2 unspecified atom stereocenters. The molecule has 1 aliphatic heterocycles. The molecule has 6 nitrogen and oxygen atoms in total. The highest BCUT2D eigenvalue weighted by Gasteiger charge is 2.53. The van der Waals surface area contributed by atoms with Crippen molar-refractivity contribution in [3.05, 3.63) is 65.2 Å². The smallest absolute Gasteiger partial charge is 0.246 e. The molecule has 0 spiro atoms. The van der Waals surface area contributed by atoms with Crippen molar-refractivity contribution in [2.24, 2.45) is 0 Å². The third-order valence-electron chi connectivity index (χ3n) is 3.96. The molecule has 1 saturated heterocycles. The van der Waals surface area contributed by atoms with Gasteiger partial charge < -0.3 is 4.74 Å². The van der Waals surface area contributed by atoms with Gasteiger partial charge in [-0.15, -0.1) is 0 Å². The van der Waals surface area contributed by atoms with Gasteiger partial charge in [-0.3, -0.25) is 9.59 Å². The lowest BCUT2D eigenvalue weighted by Crippen LogP contribution is -2.40. The second-order valence-electron chi connectivity index (χ2n) is 5.67. The quantitative estimate of drug-likeness (QED) is 0.821. The summed E-state index contributed by atoms with van der Waals surface area (Å²) in [4.78, 5) is 24.6. The molecule has 1 aliphatic rings. The highest BCUT2D eigenvalue weighted by atomic mass is 35.5. The van der Waals surface area contributed by atoms with Gasteiger partial charge in [0.1, 0.15) is 0 Å². The summed E-state index contributed by atoms with van der Waals surface area (Å²) in [5.74, 6) is -1.77. The summed E-state index contributed by atoms with van der Waals surface area (Å²) >= 11 is 5.83. The van der Waals surface area contributed by atoms with E-state index < -0.39 is 33.4 Å². The summed E-state index contributed by atoms with van der Waals surface area (Å²) in [5.41, 5.74) is -1.16. The summed E-state index contributed by atoms with van der Waals surface area (Å²) in [6, 6.07) is 13.8. The van der Waals surface area contributed by atoms with Gasteiger partial charge in [-0.05, 0) is 36.8 Å². The Hall–Kier alpha value is -2.06. The van der Waals surface area contributed by atoms with E-state index in [0.717, 1.165) is 0 Å². The van der Waals surface area contributed by atoms with Crippen LogP contribution in [0.5, 0.6) is 0 Å². The monoisotopic (exact) mass is 379 g/mol. The van der Waals surface area contributed by atoms with Crippen molar-refractivity contribution in [3.63, 3.8) is 0 Å². The molecule has 0 bridgehead atoms. The third kappa shape index (κ3) is 3.23. The Morgan fingerprint density at radius 2 is 1.64 bits per heavy atom. The first-order valence-corrected chi connectivity index (χ1v) is 9.20. The van der Waals surface area contributed by atoms with Crippen molar-refractivity contribution in [1.29, 1.82) is 0 Å². The average molecular weight is 380 g/mol. The highest BCUT2D eigenvalue weighted by Crippen LogP contribution is 2.34. The Balaban J connectivity index is 1.89. The van der Waals surface area contributed by atoms with Gasteiger partial charge in [0.2, 0.25) is 21.6 Å². The minimum absolute atomic E-state index is 0.0288. The largest absolute Gasteiger partial charge is 0.335 e. The van der Waals surface area contributed by atoms with Gasteiger partial charge >= 0.3 is 0 Å². The zero-order valence-electron chi connectivity index (χ0n) is 13.1. The third-order valence-corrected chi connectivity index (χ3v) is 5.63. The molecule has 0 amide bonds. The summed E-state index contributed by atoms with van der Waals surface area (Å²) in [6.07, 6.45) is -1.58. The van der Waals surface area contributed by atoms with Crippen molar-refractivity contribution in [2.45, 2.75) is 23.6 Å². The van der Waals surface area contributed by atoms with E-state index in [4.69, 9.17) is 16.3 Å². The average Bonchev–Trinajstić information content (AvgIpc) is 2.81. The first-order chi connectivity index (χ1) is 11.7. The van der Waals surface area contributed by atoms with Gasteiger partial charge in [0.05, 0.1) is 4.90 Å². The second kappa shape index (κ2) is 6.34. The minimum Gasteiger partial charge on any atom is -0.335 e. The number of Topliss-reactive ketones (excluding diaryl/α,β-unsaturated/α-hetero) is 2. The van der Waals surface area contributed by atoms with Crippen LogP contribution >= 0.6 is 11.6 Å². The lowest BCUT2D eigenvalue weighted by molar-refractivity contribution is -0.138. The fraction of sp³-hybridized carbons (Fsp3) is 0.176. The molecule has 0 saturated carbocycles. The molecule has 0 aliphatic carbocycles. The van der Waals surface area contributed by atoms with E-state index in [1.165, 1.54) is 19.1 Å². The minimum atomic E-state index is -4.01. The van der Waals surface area contributed by atoms with E-state index in [1.807, 2.05) is 0 Å². The number of hydrogen-bond donors (Lipinski definition) is 1. The predicted octanol–water partition coefficient (Wildman–Crippen LogP) is 2.03. The number of ether oxygens (including phenoxy) is 1. The van der Waals surface area contributed by atoms with E-state index in [-0.39, 0.29) is 4.90 Å². The maximum atomic E-state index is 12.4. The van der Waals surface area contributed by atoms with Crippen molar-refractivity contribution in [1.82, 2.24) is 4.72 Å². The van der Waals surface area contributed by atoms with E-state index in [2.05, 4.69) is 4.72 Å². The number of carbonyl (C=O) groups excluding carboxylic acids is 2. The fourth-order valence-electron chi connectivity index (χ4n) is 2.55. The maximum absolute atomic E-state index is 12.4. The van der Waals surface area contributed by atoms with Crippen LogP contribution in [-0.2, 0) is 30.0 Å². The molecule has 2 aromatic carbocycles. The SMILES string of the molecule is CC1(c2ccc(Cl)cc2)OC(NS(=O)(=O)c2ccccc2)C(=O)C1=O. The summed E-state index contributed by atoms with van der Waals surface area (Å²) in [5, 5.41) is 0.463. The molecular formula is C17H14ClNO5S. The highest BCUT2D eigenvalue weighted by molar-refractivity contribution is 7.89. The van der Waals surface area contributed by atoms with Crippen LogP contribution in [0.15, 0.2) is 59.5 Å². The van der Waals surface area contributed by atoms with Crippen LogP contribution in [0.2, 0.25) is 5.02 Å². The molecule has 8 heteroatoms. The Bertz CT molecular complexity index is 927. The van der Waals surface area contributed by atoms with Gasteiger partial charge in [-0.1, -0.05) is 41.9 Å². The topological polar surface area (TPSA) is 89.5 Å². The van der Waals surface area contributed by atoms with Crippen LogP contribution in [0.3, 0.4) is 0 Å². The van der Waals surface area contributed by atoms with E-state index in [1.54, 1.807) is 42.5 Å². The lowest BCUT2D eigenvalue weighted by Gasteiger charge is -2.22. The number of ketones is 2. The Morgan fingerprint density at radius 3 is 2.24 bits per heavy atom. The Morgan fingerprint density at radius 1 is 1.04 bits per heavy atom. The van der Waals surface area contributed by atoms with Crippen LogP contribution in [0, 0.1) is 0 Å². The van der Waals surface area contributed by atoms with E-state index >= 15 is 0 Å². The molecule has 0 aromatic heterocycles. The molecule has 1 heterocycles. The fourth-order valence-corrected chi connectivity index (χ4v) is 3.76. The summed E-state index contributed by atoms with van der Waals surface area (Å²) < 4.78 is 32.4. The standard InChI is InChI=1S/C17H14ClNO5S/c1-17(11-7-9-12(18)10-8-11)15(21)14(20)16(24-17)19-25(22,23)13-5-3-2-4-6-13/h2-10,16,19H,1H3. The molecule has 2 aromatic rings. The second-order valence-corrected chi connectivity index (χ2v) is 7.82. The summed E-state index contributed by atoms with van der Waals surface area (Å²) in [7, 11) is -4.01. The molecule has 130 valence electrons. The van der Waals surface area contributed by atoms with Crippen LogP contribution in [-0.4, -0.2) is 26.2 Å². The zero-order valence-corrected chi connectivity index (χ0v) is 14.7. The molecule has 1 fully saturated rings. The van der Waals surface area contributed by atoms with Crippen LogP contribution in [0.25, 0.3) is 0 Å². The van der Waals surface area contributed by atoms with Gasteiger partial charge in [0.15, 0.2) is 11.8 Å². The number of halogens is 1. The van der Waals surface area contributed by atoms with Gasteiger partial charge in [-0.25, -0.2) is 8.42 Å². The van der Waals surface area contributed by atoms with Gasteiger partial charge in [0, 0.05) is 5.02 Å². The van der Waals surface area contributed by atoms with Crippen molar-refractivity contribution >= 4 is 33.2 Å². The van der Waals surface area contributed by atoms with Crippen LogP contribution in [0.1, 0.15) is 12.5 Å². The number of hydrogen-bond acceptors (Lipinski definition) is 5. The van der Waals surface area contributed by atoms with Crippen molar-refractivity contribution in [2.75, 3.05) is 0 Å².